The number of thiazole rings is 1. The molecule has 80 valence electrons. The monoisotopic (exact) mass is 287 g/mol. The molecule has 0 aromatic carbocycles. The van der Waals surface area contributed by atoms with Crippen molar-refractivity contribution in [3.8, 4) is 0 Å². The molecular formula is C8H10BrN5S. The Morgan fingerprint density at radius 3 is 2.60 bits per heavy atom. The highest BCUT2D eigenvalue weighted by Crippen LogP contribution is 2.18. The van der Waals surface area contributed by atoms with Crippen LogP contribution in [0.15, 0.2) is 4.73 Å². The second kappa shape index (κ2) is 3.90. The van der Waals surface area contributed by atoms with Crippen LogP contribution in [0.5, 0.6) is 0 Å². The molecule has 0 aliphatic heterocycles. The third kappa shape index (κ3) is 2.18. The van der Waals surface area contributed by atoms with Gasteiger partial charge in [-0.15, -0.1) is 16.4 Å². The topological polar surface area (TPSA) is 69.6 Å². The number of aromatic nitrogens is 4. The minimum atomic E-state index is 0.270. The molecule has 7 heteroatoms. The van der Waals surface area contributed by atoms with Gasteiger partial charge in [0.2, 0.25) is 5.95 Å². The van der Waals surface area contributed by atoms with Crippen LogP contribution in [-0.4, -0.2) is 19.7 Å². The van der Waals surface area contributed by atoms with Gasteiger partial charge in [-0.3, -0.25) is 0 Å². The standard InChI is InChI=1S/C8H10BrN5S/c1-4-6(11-5(2)15-4)3-14-7(9)12-8(10)13-14/h3H2,1-2H3,(H2,10,13). The average Bonchev–Trinajstić information content (AvgIpc) is 2.58. The lowest BCUT2D eigenvalue weighted by Crippen LogP contribution is -2.04. The van der Waals surface area contributed by atoms with Crippen LogP contribution in [-0.2, 0) is 6.54 Å². The molecule has 2 N–H and O–H groups in total. The van der Waals surface area contributed by atoms with E-state index in [0.29, 0.717) is 11.3 Å². The highest BCUT2D eigenvalue weighted by Gasteiger charge is 2.10. The predicted octanol–water partition coefficient (Wildman–Crippen LogP) is 1.74. The molecule has 15 heavy (non-hydrogen) atoms. The molecule has 0 amide bonds. The lowest BCUT2D eigenvalue weighted by Gasteiger charge is -1.99. The number of aryl methyl sites for hydroxylation is 2. The van der Waals surface area contributed by atoms with Gasteiger partial charge in [0.15, 0.2) is 4.73 Å². The van der Waals surface area contributed by atoms with E-state index in [1.807, 2.05) is 13.8 Å². The second-order valence-corrected chi connectivity index (χ2v) is 5.25. The fourth-order valence-corrected chi connectivity index (χ4v) is 2.51. The summed E-state index contributed by atoms with van der Waals surface area (Å²) in [5, 5.41) is 5.12. The Kier molecular flexibility index (Phi) is 2.74. The van der Waals surface area contributed by atoms with E-state index < -0.39 is 0 Å². The smallest absolute Gasteiger partial charge is 0.240 e. The van der Waals surface area contributed by atoms with Crippen molar-refractivity contribution in [2.75, 3.05) is 5.73 Å². The van der Waals surface area contributed by atoms with Crippen molar-refractivity contribution in [2.24, 2.45) is 0 Å². The Morgan fingerprint density at radius 1 is 1.40 bits per heavy atom. The lowest BCUT2D eigenvalue weighted by molar-refractivity contribution is 0.656. The van der Waals surface area contributed by atoms with Gasteiger partial charge in [0, 0.05) is 4.88 Å². The summed E-state index contributed by atoms with van der Waals surface area (Å²) in [7, 11) is 0. The van der Waals surface area contributed by atoms with E-state index in [1.54, 1.807) is 16.0 Å². The zero-order valence-corrected chi connectivity index (χ0v) is 10.8. The Balaban J connectivity index is 2.29. The maximum Gasteiger partial charge on any atom is 0.240 e. The number of halogens is 1. The zero-order valence-electron chi connectivity index (χ0n) is 8.36. The van der Waals surface area contributed by atoms with Crippen LogP contribution in [0.3, 0.4) is 0 Å². The molecule has 5 nitrogen and oxygen atoms in total. The Labute approximate surface area is 99.5 Å². The zero-order chi connectivity index (χ0) is 11.0. The molecule has 0 saturated carbocycles. The van der Waals surface area contributed by atoms with E-state index in [4.69, 9.17) is 5.73 Å². The molecule has 0 saturated heterocycles. The van der Waals surface area contributed by atoms with Gasteiger partial charge in [-0.1, -0.05) is 0 Å². The third-order valence-corrected chi connectivity index (χ3v) is 3.46. The molecule has 0 aliphatic carbocycles. The fraction of sp³-hybridized carbons (Fsp3) is 0.375. The number of anilines is 1. The van der Waals surface area contributed by atoms with Crippen molar-refractivity contribution in [1.29, 1.82) is 0 Å². The van der Waals surface area contributed by atoms with E-state index in [9.17, 15) is 0 Å². The number of nitrogens with zero attached hydrogens (tertiary/aromatic N) is 4. The minimum absolute atomic E-state index is 0.270. The van der Waals surface area contributed by atoms with Crippen LogP contribution in [0, 0.1) is 13.8 Å². The summed E-state index contributed by atoms with van der Waals surface area (Å²) in [6, 6.07) is 0. The Morgan fingerprint density at radius 2 is 2.13 bits per heavy atom. The van der Waals surface area contributed by atoms with Gasteiger partial charge < -0.3 is 5.73 Å². The van der Waals surface area contributed by atoms with Crippen LogP contribution in [0.25, 0.3) is 0 Å². The maximum absolute atomic E-state index is 5.49. The first kappa shape index (κ1) is 10.6. The first-order valence-electron chi connectivity index (χ1n) is 4.35. The van der Waals surface area contributed by atoms with Crippen LogP contribution >= 0.6 is 27.3 Å². The fourth-order valence-electron chi connectivity index (χ4n) is 1.30. The molecule has 0 spiro atoms. The van der Waals surface area contributed by atoms with Gasteiger partial charge in [-0.25, -0.2) is 9.67 Å². The summed E-state index contributed by atoms with van der Waals surface area (Å²) in [4.78, 5) is 9.59. The SMILES string of the molecule is Cc1nc(Cn2nc(N)nc2Br)c(C)s1. The van der Waals surface area contributed by atoms with Crippen LogP contribution < -0.4 is 5.73 Å². The summed E-state index contributed by atoms with van der Waals surface area (Å²) in [5.74, 6) is 0.270. The van der Waals surface area contributed by atoms with E-state index in [0.717, 1.165) is 10.7 Å². The van der Waals surface area contributed by atoms with Crippen molar-refractivity contribution >= 4 is 33.2 Å². The summed E-state index contributed by atoms with van der Waals surface area (Å²) in [6.45, 7) is 4.64. The van der Waals surface area contributed by atoms with Crippen molar-refractivity contribution in [3.05, 3.63) is 20.3 Å². The van der Waals surface area contributed by atoms with Gasteiger partial charge in [-0.2, -0.15) is 4.98 Å². The first-order valence-corrected chi connectivity index (χ1v) is 5.96. The maximum atomic E-state index is 5.49. The highest BCUT2D eigenvalue weighted by atomic mass is 79.9. The third-order valence-electron chi connectivity index (χ3n) is 1.94. The van der Waals surface area contributed by atoms with E-state index >= 15 is 0 Å². The second-order valence-electron chi connectivity index (χ2n) is 3.13. The number of rotatable bonds is 2. The van der Waals surface area contributed by atoms with Crippen molar-refractivity contribution in [2.45, 2.75) is 20.4 Å². The largest absolute Gasteiger partial charge is 0.366 e. The Bertz CT molecular complexity index is 445. The summed E-state index contributed by atoms with van der Waals surface area (Å²) < 4.78 is 2.32. The summed E-state index contributed by atoms with van der Waals surface area (Å²) >= 11 is 4.97. The quantitative estimate of drug-likeness (QED) is 0.914. The van der Waals surface area contributed by atoms with Crippen molar-refractivity contribution in [3.63, 3.8) is 0 Å². The molecule has 0 unspecified atom stereocenters. The molecule has 0 bridgehead atoms. The van der Waals surface area contributed by atoms with E-state index in [1.165, 1.54) is 4.88 Å². The van der Waals surface area contributed by atoms with Gasteiger partial charge in [0.25, 0.3) is 0 Å². The number of hydrogen-bond acceptors (Lipinski definition) is 5. The number of nitrogens with two attached hydrogens (primary N) is 1. The molecule has 2 heterocycles. The van der Waals surface area contributed by atoms with Crippen LogP contribution in [0.2, 0.25) is 0 Å². The van der Waals surface area contributed by atoms with Gasteiger partial charge >= 0.3 is 0 Å². The number of hydrogen-bond donors (Lipinski definition) is 1. The van der Waals surface area contributed by atoms with Crippen molar-refractivity contribution in [1.82, 2.24) is 19.7 Å². The minimum Gasteiger partial charge on any atom is -0.366 e. The molecular weight excluding hydrogens is 278 g/mol. The lowest BCUT2D eigenvalue weighted by atomic mass is 10.4. The summed E-state index contributed by atoms with van der Waals surface area (Å²) in [6.07, 6.45) is 0. The molecule has 0 radical (unpaired) electrons. The van der Waals surface area contributed by atoms with Gasteiger partial charge in [-0.05, 0) is 29.8 Å². The number of nitrogen functional groups attached to an aromatic ring is 1. The highest BCUT2D eigenvalue weighted by molar-refractivity contribution is 9.10. The summed E-state index contributed by atoms with van der Waals surface area (Å²) in [5.41, 5.74) is 6.50. The van der Waals surface area contributed by atoms with Gasteiger partial charge in [0.1, 0.15) is 0 Å². The molecule has 2 rings (SSSR count). The van der Waals surface area contributed by atoms with Crippen LogP contribution in [0.1, 0.15) is 15.6 Å². The molecule has 0 fully saturated rings. The molecule has 0 aliphatic rings. The average molecular weight is 288 g/mol. The first-order chi connectivity index (χ1) is 7.06. The molecule has 2 aromatic rings. The van der Waals surface area contributed by atoms with Gasteiger partial charge in [0.05, 0.1) is 17.2 Å². The van der Waals surface area contributed by atoms with E-state index in [2.05, 4.69) is 31.0 Å². The van der Waals surface area contributed by atoms with Crippen LogP contribution in [0.4, 0.5) is 5.95 Å². The normalized spacial score (nSPS) is 10.9. The van der Waals surface area contributed by atoms with E-state index in [-0.39, 0.29) is 5.95 Å². The predicted molar refractivity (Wildman–Crippen MR) is 62.8 cm³/mol. The van der Waals surface area contributed by atoms with Crippen molar-refractivity contribution < 1.29 is 0 Å². The Hall–Kier alpha value is -0.950. The molecule has 0 atom stereocenters. The molecule has 2 aromatic heterocycles.